The topological polar surface area (TPSA) is 0 Å². The quantitative estimate of drug-likeness (QED) is 0.527. The molecule has 4 heteroatoms. The van der Waals surface area contributed by atoms with Crippen LogP contribution in [0.1, 0.15) is 2.85 Å². The third-order valence-electron chi connectivity index (χ3n) is 0. The largest absolute Gasteiger partial charge is 2.00 e. The van der Waals surface area contributed by atoms with Gasteiger partial charge in [0.15, 0.2) is 0 Å². The van der Waals surface area contributed by atoms with E-state index in [9.17, 15) is 0 Å². The number of hydrogen-bond acceptors (Lipinski definition) is 0. The normalized spacial score (nSPS) is 0. The first kappa shape index (κ1) is 28.0. The van der Waals surface area contributed by atoms with E-state index in [0.717, 1.165) is 0 Å². The van der Waals surface area contributed by atoms with Gasteiger partial charge < -0.3 is 2.85 Å². The molecule has 0 aromatic rings. The Morgan fingerprint density at radius 1 is 1.25 bits per heavy atom. The summed E-state index contributed by atoms with van der Waals surface area (Å²) in [6.45, 7) is 0. The smallest absolute Gasteiger partial charge is 1.00 e. The van der Waals surface area contributed by atoms with Gasteiger partial charge in [-0.05, 0) is 0 Å². The van der Waals surface area contributed by atoms with Crippen molar-refractivity contribution in [2.24, 2.45) is 0 Å². The first-order valence-electron chi connectivity index (χ1n) is 0. The Balaban J connectivity index is 0. The van der Waals surface area contributed by atoms with E-state index < -0.39 is 0 Å². The zero-order chi connectivity index (χ0) is 0. The molecule has 0 aliphatic heterocycles. The van der Waals surface area contributed by atoms with Crippen molar-refractivity contribution in [1.29, 1.82) is 0 Å². The van der Waals surface area contributed by atoms with Crippen LogP contribution in [0, 0.1) is 0 Å². The molecule has 0 nitrogen and oxygen atoms in total. The van der Waals surface area contributed by atoms with Gasteiger partial charge in [-0.15, -0.1) is 0 Å². The molecular weight excluding hydrogens is 314 g/mol. The van der Waals surface area contributed by atoms with Crippen molar-refractivity contribution >= 4 is 55.1 Å². The summed E-state index contributed by atoms with van der Waals surface area (Å²) in [5, 5.41) is 0. The molecule has 0 bridgehead atoms. The Kier molecular flexibility index (Phi) is 117. The fourth-order valence-corrected chi connectivity index (χ4v) is 0. The third kappa shape index (κ3) is 8.89. The van der Waals surface area contributed by atoms with E-state index >= 15 is 0 Å². The SMILES string of the molecule is [Al].[Ca+2].[Cu].[H-].[H-].[W]. The summed E-state index contributed by atoms with van der Waals surface area (Å²) >= 11 is 0. The average molecular weight is 316 g/mol. The molecule has 0 aromatic carbocycles. The van der Waals surface area contributed by atoms with E-state index in [-0.39, 0.29) is 96.1 Å². The first-order chi connectivity index (χ1) is 0. The Morgan fingerprint density at radius 3 is 1.25 bits per heavy atom. The van der Waals surface area contributed by atoms with Crippen molar-refractivity contribution < 1.29 is 41.0 Å². The molecule has 0 unspecified atom stereocenters. The molecule has 0 saturated heterocycles. The van der Waals surface area contributed by atoms with E-state index in [1.165, 1.54) is 0 Å². The molecule has 0 atom stereocenters. The van der Waals surface area contributed by atoms with E-state index in [2.05, 4.69) is 0 Å². The van der Waals surface area contributed by atoms with Gasteiger partial charge in [-0.25, -0.2) is 0 Å². The molecule has 4 heavy (non-hydrogen) atoms. The second-order valence-electron chi connectivity index (χ2n) is 0. The Bertz CT molecular complexity index is 13.5. The van der Waals surface area contributed by atoms with E-state index in [1.807, 2.05) is 0 Å². The van der Waals surface area contributed by atoms with Gasteiger partial charge >= 0.3 is 37.7 Å². The van der Waals surface area contributed by atoms with Crippen LogP contribution in [-0.2, 0) is 38.1 Å². The molecule has 24 valence electrons. The third-order valence-corrected chi connectivity index (χ3v) is 0. The van der Waals surface area contributed by atoms with Crippen molar-refractivity contribution in [3.05, 3.63) is 0 Å². The minimum absolute atomic E-state index is 0. The summed E-state index contributed by atoms with van der Waals surface area (Å²) in [6.07, 6.45) is 0. The molecule has 0 aromatic heterocycles. The molecule has 0 amide bonds. The summed E-state index contributed by atoms with van der Waals surface area (Å²) in [6, 6.07) is 0. The number of rotatable bonds is 0. The second kappa shape index (κ2) is 16.7. The van der Waals surface area contributed by atoms with Crippen LogP contribution in [0.2, 0.25) is 0 Å². The van der Waals surface area contributed by atoms with Crippen LogP contribution in [0.15, 0.2) is 0 Å². The predicted molar refractivity (Wildman–Crippen MR) is 13.7 cm³/mol. The van der Waals surface area contributed by atoms with Gasteiger partial charge in [0.1, 0.15) is 0 Å². The average Bonchev–Trinajstić information content (AvgIpc) is 0. The maximum absolute atomic E-state index is 0. The van der Waals surface area contributed by atoms with Crippen LogP contribution >= 0.6 is 0 Å². The Labute approximate surface area is 94.3 Å². The van der Waals surface area contributed by atoms with Crippen molar-refractivity contribution in [3.8, 4) is 0 Å². The van der Waals surface area contributed by atoms with Crippen LogP contribution in [0.4, 0.5) is 0 Å². The van der Waals surface area contributed by atoms with E-state index in [4.69, 9.17) is 0 Å². The molecule has 0 aliphatic rings. The molecular formula is H2AlCaCuW. The standard InChI is InChI=1S/Al.Ca.Cu.W.2H/q;+2;;;2*-1. The monoisotopic (exact) mass is 316 g/mol. The molecule has 0 N–H and O–H groups in total. The molecule has 0 aliphatic carbocycles. The Hall–Kier alpha value is 3.00. The molecule has 0 spiro atoms. The van der Waals surface area contributed by atoms with E-state index in [0.29, 0.717) is 0 Å². The summed E-state index contributed by atoms with van der Waals surface area (Å²) in [5.41, 5.74) is 0. The fraction of sp³-hybridized carbons (Fsp3) is 0. The second-order valence-corrected chi connectivity index (χ2v) is 0. The van der Waals surface area contributed by atoms with Gasteiger partial charge in [-0.1, -0.05) is 0 Å². The zero-order valence-electron chi connectivity index (χ0n) is 3.99. The molecule has 4 radical (unpaired) electrons. The minimum atomic E-state index is 0. The van der Waals surface area contributed by atoms with Crippen molar-refractivity contribution in [1.82, 2.24) is 0 Å². The zero-order valence-corrected chi connectivity index (χ0v) is 9.23. The van der Waals surface area contributed by atoms with Crippen molar-refractivity contribution in [2.45, 2.75) is 0 Å². The van der Waals surface area contributed by atoms with Crippen LogP contribution in [0.5, 0.6) is 0 Å². The predicted octanol–water partition coefficient (Wildman–Crippen LogP) is -0.542. The summed E-state index contributed by atoms with van der Waals surface area (Å²) < 4.78 is 0. The molecule has 0 rings (SSSR count). The van der Waals surface area contributed by atoms with Gasteiger partial charge in [0, 0.05) is 55.5 Å². The van der Waals surface area contributed by atoms with Gasteiger partial charge in [0.2, 0.25) is 0 Å². The summed E-state index contributed by atoms with van der Waals surface area (Å²) in [5.74, 6) is 0. The fourth-order valence-electron chi connectivity index (χ4n) is 0. The van der Waals surface area contributed by atoms with Crippen molar-refractivity contribution in [3.63, 3.8) is 0 Å². The van der Waals surface area contributed by atoms with Gasteiger partial charge in [-0.3, -0.25) is 0 Å². The van der Waals surface area contributed by atoms with Crippen LogP contribution < -0.4 is 0 Å². The first-order valence-corrected chi connectivity index (χ1v) is 0. The van der Waals surface area contributed by atoms with Gasteiger partial charge in [0.05, 0.1) is 0 Å². The maximum atomic E-state index is 0. The van der Waals surface area contributed by atoms with Gasteiger partial charge in [0.25, 0.3) is 0 Å². The van der Waals surface area contributed by atoms with Crippen LogP contribution in [-0.4, -0.2) is 55.1 Å². The van der Waals surface area contributed by atoms with Crippen LogP contribution in [0.3, 0.4) is 0 Å². The number of hydrogen-bond donors (Lipinski definition) is 0. The van der Waals surface area contributed by atoms with Gasteiger partial charge in [-0.2, -0.15) is 0 Å². The molecule has 0 saturated carbocycles. The van der Waals surface area contributed by atoms with E-state index in [1.54, 1.807) is 0 Å². The van der Waals surface area contributed by atoms with Crippen LogP contribution in [0.25, 0.3) is 0 Å². The maximum Gasteiger partial charge on any atom is 2.00 e. The summed E-state index contributed by atoms with van der Waals surface area (Å²) in [4.78, 5) is 0. The van der Waals surface area contributed by atoms with Crippen molar-refractivity contribution in [2.75, 3.05) is 0 Å². The minimum Gasteiger partial charge on any atom is -1.00 e. The molecule has 0 heterocycles. The Morgan fingerprint density at radius 2 is 1.25 bits per heavy atom. The molecule has 0 fully saturated rings. The summed E-state index contributed by atoms with van der Waals surface area (Å²) in [7, 11) is 0.